The maximum atomic E-state index is 11.9. The number of nitrogens with one attached hydrogen (secondary N) is 1. The van der Waals surface area contributed by atoms with Crippen molar-refractivity contribution < 1.29 is 19.0 Å². The molecular formula is C31H58N2O4S. The first-order chi connectivity index (χ1) is 18.8. The Balaban J connectivity index is 1.28. The molecule has 222 valence electrons. The molecule has 1 saturated heterocycles. The third-order valence-electron chi connectivity index (χ3n) is 7.51. The maximum Gasteiger partial charge on any atom is 0.407 e. The molecule has 2 rings (SSSR count). The summed E-state index contributed by atoms with van der Waals surface area (Å²) in [5.74, 6) is 1.09. The number of thioether (sulfide) groups is 1. The van der Waals surface area contributed by atoms with E-state index < -0.39 is 0 Å². The summed E-state index contributed by atoms with van der Waals surface area (Å²) in [5.41, 5.74) is 0. The Kier molecular flexibility index (Phi) is 21.0. The van der Waals surface area contributed by atoms with E-state index in [0.29, 0.717) is 13.2 Å². The number of unbranched alkanes of at least 4 members (excludes halogenated alkanes) is 17. The number of carbonyl (C=O) groups is 1. The van der Waals surface area contributed by atoms with Crippen LogP contribution in [-0.2, 0) is 14.2 Å². The number of rotatable bonds is 25. The van der Waals surface area contributed by atoms with Crippen molar-refractivity contribution in [2.75, 3.05) is 32.2 Å². The molecule has 0 radical (unpaired) electrons. The highest BCUT2D eigenvalue weighted by molar-refractivity contribution is 8.02. The highest BCUT2D eigenvalue weighted by Crippen LogP contribution is 2.19. The summed E-state index contributed by atoms with van der Waals surface area (Å²) in [6.07, 6.45) is 27.6. The average molecular weight is 555 g/mol. The molecule has 1 amide bonds. The Morgan fingerprint density at radius 2 is 1.47 bits per heavy atom. The van der Waals surface area contributed by atoms with E-state index in [2.05, 4.69) is 28.7 Å². The molecule has 0 saturated carbocycles. The van der Waals surface area contributed by atoms with Crippen molar-refractivity contribution in [2.45, 2.75) is 148 Å². The van der Waals surface area contributed by atoms with Crippen molar-refractivity contribution in [2.24, 2.45) is 0 Å². The molecule has 7 heteroatoms. The molecule has 2 heterocycles. The molecule has 0 aromatic rings. The van der Waals surface area contributed by atoms with Gasteiger partial charge in [-0.05, 0) is 31.1 Å². The molecule has 2 unspecified atom stereocenters. The van der Waals surface area contributed by atoms with Gasteiger partial charge in [0, 0.05) is 19.3 Å². The monoisotopic (exact) mass is 554 g/mol. The second-order valence-electron chi connectivity index (χ2n) is 11.1. The Hall–Kier alpha value is -0.920. The Labute approximate surface area is 238 Å². The van der Waals surface area contributed by atoms with Crippen molar-refractivity contribution in [1.82, 2.24) is 10.2 Å². The van der Waals surface area contributed by atoms with E-state index in [0.717, 1.165) is 38.1 Å². The predicted molar refractivity (Wildman–Crippen MR) is 160 cm³/mol. The van der Waals surface area contributed by atoms with Gasteiger partial charge in [0.05, 0.1) is 12.5 Å². The predicted octanol–water partition coefficient (Wildman–Crippen LogP) is 8.75. The molecule has 0 spiro atoms. The number of hydrogen-bond donors (Lipinski definition) is 1. The second kappa shape index (κ2) is 23.9. The molecular weight excluding hydrogens is 496 g/mol. The zero-order valence-electron chi connectivity index (χ0n) is 24.5. The standard InChI is InChI=1S/C31H58N2O4S/c1-2-3-4-5-6-7-8-9-10-11-12-13-14-15-18-21-30-35-26-29(37-30)27-36-31(34)32-22-19-16-17-20-23-33-24-25-38-28-33/h24-25,29-30H,2-23,26-28H2,1H3,(H,32,34). The first kappa shape index (κ1) is 33.3. The van der Waals surface area contributed by atoms with Gasteiger partial charge < -0.3 is 24.4 Å². The summed E-state index contributed by atoms with van der Waals surface area (Å²) in [4.78, 5) is 14.3. The first-order valence-electron chi connectivity index (χ1n) is 16.0. The normalized spacial score (nSPS) is 18.9. The number of amides is 1. The first-order valence-corrected chi connectivity index (χ1v) is 17.0. The fourth-order valence-corrected chi connectivity index (χ4v) is 5.83. The minimum atomic E-state index is -0.348. The van der Waals surface area contributed by atoms with Crippen LogP contribution in [0.4, 0.5) is 4.79 Å². The summed E-state index contributed by atoms with van der Waals surface area (Å²) in [5, 5.41) is 5.00. The molecule has 1 fully saturated rings. The van der Waals surface area contributed by atoms with Crippen LogP contribution in [0.5, 0.6) is 0 Å². The zero-order valence-corrected chi connectivity index (χ0v) is 25.3. The van der Waals surface area contributed by atoms with Crippen LogP contribution in [-0.4, -0.2) is 55.6 Å². The van der Waals surface area contributed by atoms with Gasteiger partial charge in [0.2, 0.25) is 0 Å². The zero-order chi connectivity index (χ0) is 26.9. The van der Waals surface area contributed by atoms with Crippen LogP contribution in [0.1, 0.15) is 135 Å². The van der Waals surface area contributed by atoms with Crippen LogP contribution in [0.3, 0.4) is 0 Å². The molecule has 0 aromatic carbocycles. The SMILES string of the molecule is CCCCCCCCCCCCCCCCCC1OCC(COC(=O)NCCCCCCN2C=CSC2)O1. The van der Waals surface area contributed by atoms with Gasteiger partial charge in [0.15, 0.2) is 6.29 Å². The number of nitrogens with zero attached hydrogens (tertiary/aromatic N) is 1. The molecule has 0 bridgehead atoms. The van der Waals surface area contributed by atoms with E-state index in [1.165, 1.54) is 103 Å². The summed E-state index contributed by atoms with van der Waals surface area (Å²) in [6.45, 7) is 4.86. The quantitative estimate of drug-likeness (QED) is 0.114. The lowest BCUT2D eigenvalue weighted by atomic mass is 10.0. The number of carbonyl (C=O) groups excluding carboxylic acids is 1. The van der Waals surface area contributed by atoms with E-state index in [9.17, 15) is 4.79 Å². The lowest BCUT2D eigenvalue weighted by Crippen LogP contribution is -2.29. The molecule has 2 aliphatic heterocycles. The molecule has 2 atom stereocenters. The molecule has 0 aliphatic carbocycles. The Morgan fingerprint density at radius 3 is 2.11 bits per heavy atom. The van der Waals surface area contributed by atoms with Crippen LogP contribution >= 0.6 is 11.8 Å². The van der Waals surface area contributed by atoms with Crippen LogP contribution in [0.2, 0.25) is 0 Å². The van der Waals surface area contributed by atoms with Gasteiger partial charge in [-0.25, -0.2) is 4.79 Å². The number of ether oxygens (including phenoxy) is 3. The van der Waals surface area contributed by atoms with Crippen molar-refractivity contribution >= 4 is 17.9 Å². The smallest absolute Gasteiger partial charge is 0.407 e. The largest absolute Gasteiger partial charge is 0.447 e. The second-order valence-corrected chi connectivity index (χ2v) is 12.0. The van der Waals surface area contributed by atoms with E-state index in [-0.39, 0.29) is 25.1 Å². The van der Waals surface area contributed by atoms with Gasteiger partial charge in [-0.1, -0.05) is 110 Å². The lowest BCUT2D eigenvalue weighted by Gasteiger charge is -2.14. The highest BCUT2D eigenvalue weighted by atomic mass is 32.2. The topological polar surface area (TPSA) is 60.0 Å². The van der Waals surface area contributed by atoms with E-state index in [1.54, 1.807) is 0 Å². The third-order valence-corrected chi connectivity index (χ3v) is 8.30. The maximum absolute atomic E-state index is 11.9. The van der Waals surface area contributed by atoms with Crippen LogP contribution in [0.25, 0.3) is 0 Å². The minimum Gasteiger partial charge on any atom is -0.447 e. The van der Waals surface area contributed by atoms with Gasteiger partial charge in [0.25, 0.3) is 0 Å². The van der Waals surface area contributed by atoms with E-state index in [4.69, 9.17) is 14.2 Å². The summed E-state index contributed by atoms with van der Waals surface area (Å²) in [7, 11) is 0. The van der Waals surface area contributed by atoms with Crippen LogP contribution < -0.4 is 5.32 Å². The van der Waals surface area contributed by atoms with Gasteiger partial charge in [-0.2, -0.15) is 0 Å². The van der Waals surface area contributed by atoms with Crippen molar-refractivity contribution in [3.05, 3.63) is 11.6 Å². The fraction of sp³-hybridized carbons (Fsp3) is 0.903. The van der Waals surface area contributed by atoms with Gasteiger partial charge in [-0.15, -0.1) is 11.8 Å². The van der Waals surface area contributed by atoms with Crippen LogP contribution in [0.15, 0.2) is 11.6 Å². The fourth-order valence-electron chi connectivity index (χ4n) is 5.08. The van der Waals surface area contributed by atoms with Gasteiger partial charge in [0.1, 0.15) is 12.7 Å². The Bertz CT molecular complexity index is 592. The summed E-state index contributed by atoms with van der Waals surface area (Å²) >= 11 is 1.85. The summed E-state index contributed by atoms with van der Waals surface area (Å²) in [6, 6.07) is 0. The highest BCUT2D eigenvalue weighted by Gasteiger charge is 2.26. The van der Waals surface area contributed by atoms with E-state index in [1.807, 2.05) is 11.8 Å². The molecule has 38 heavy (non-hydrogen) atoms. The van der Waals surface area contributed by atoms with Crippen molar-refractivity contribution in [1.29, 1.82) is 0 Å². The van der Waals surface area contributed by atoms with E-state index >= 15 is 0 Å². The lowest BCUT2D eigenvalue weighted by molar-refractivity contribution is -0.0709. The van der Waals surface area contributed by atoms with Crippen molar-refractivity contribution in [3.63, 3.8) is 0 Å². The number of alkyl carbamates (subject to hydrolysis) is 1. The molecule has 6 nitrogen and oxygen atoms in total. The number of hydrogen-bond acceptors (Lipinski definition) is 6. The van der Waals surface area contributed by atoms with Crippen LogP contribution in [0, 0.1) is 0 Å². The molecule has 1 N–H and O–H groups in total. The summed E-state index contributed by atoms with van der Waals surface area (Å²) < 4.78 is 17.0. The van der Waals surface area contributed by atoms with Gasteiger partial charge >= 0.3 is 6.09 Å². The average Bonchev–Trinajstić information content (AvgIpc) is 3.61. The molecule has 0 aromatic heterocycles. The van der Waals surface area contributed by atoms with Gasteiger partial charge in [-0.3, -0.25) is 0 Å². The molecule has 2 aliphatic rings. The third kappa shape index (κ3) is 18.4. The Morgan fingerprint density at radius 1 is 0.868 bits per heavy atom. The minimum absolute atomic E-state index is 0.136. The van der Waals surface area contributed by atoms with Crippen molar-refractivity contribution in [3.8, 4) is 0 Å².